The molecule has 0 saturated heterocycles. The zero-order chi connectivity index (χ0) is 14.3. The fourth-order valence-corrected chi connectivity index (χ4v) is 3.16. The maximum Gasteiger partial charge on any atom is 0.146 e. The predicted molar refractivity (Wildman–Crippen MR) is 72.8 cm³/mol. The average molecular weight is 270 g/mol. The molecule has 0 heterocycles. The number of carbonyl (C=O) groups is 2. The van der Waals surface area contributed by atoms with Crippen molar-refractivity contribution in [3.05, 3.63) is 0 Å². The second-order valence-electron chi connectivity index (χ2n) is 5.68. The van der Waals surface area contributed by atoms with E-state index >= 15 is 0 Å². The van der Waals surface area contributed by atoms with Crippen molar-refractivity contribution in [3.8, 4) is 0 Å². The van der Waals surface area contributed by atoms with E-state index in [9.17, 15) is 9.59 Å². The number of rotatable bonds is 10. The smallest absolute Gasteiger partial charge is 0.146 e. The van der Waals surface area contributed by atoms with Gasteiger partial charge in [-0.25, -0.2) is 0 Å². The van der Waals surface area contributed by atoms with Gasteiger partial charge >= 0.3 is 0 Å². The summed E-state index contributed by atoms with van der Waals surface area (Å²) in [6.45, 7) is 4.23. The molecule has 0 bridgehead atoms. The highest BCUT2D eigenvalue weighted by atomic mass is 16.7. The first-order chi connectivity index (χ1) is 9.02. The van der Waals surface area contributed by atoms with E-state index in [-0.39, 0.29) is 22.9 Å². The molecule has 1 saturated carbocycles. The molecule has 0 aromatic carbocycles. The van der Waals surface area contributed by atoms with Crippen LogP contribution in [0.25, 0.3) is 0 Å². The van der Waals surface area contributed by atoms with E-state index in [2.05, 4.69) is 0 Å². The van der Waals surface area contributed by atoms with Crippen LogP contribution in [-0.2, 0) is 19.1 Å². The van der Waals surface area contributed by atoms with Crippen LogP contribution in [0.1, 0.15) is 52.4 Å². The summed E-state index contributed by atoms with van der Waals surface area (Å²) in [5, 5.41) is 0. The first-order valence-electron chi connectivity index (χ1n) is 7.08. The van der Waals surface area contributed by atoms with E-state index in [0.29, 0.717) is 19.8 Å². The SMILES string of the molecule is COCOCC[C@@]1(CCCC(C)=O)CC[C@H]1C(C)=O. The third-order valence-electron chi connectivity index (χ3n) is 4.31. The van der Waals surface area contributed by atoms with Gasteiger partial charge in [-0.3, -0.25) is 4.79 Å². The Morgan fingerprint density at radius 3 is 2.47 bits per heavy atom. The fraction of sp³-hybridized carbons (Fsp3) is 0.867. The third kappa shape index (κ3) is 4.69. The first kappa shape index (κ1) is 16.3. The summed E-state index contributed by atoms with van der Waals surface area (Å²) in [5.74, 6) is 0.663. The lowest BCUT2D eigenvalue weighted by atomic mass is 9.55. The highest BCUT2D eigenvalue weighted by Crippen LogP contribution is 2.53. The third-order valence-corrected chi connectivity index (χ3v) is 4.31. The van der Waals surface area contributed by atoms with Crippen molar-refractivity contribution in [3.63, 3.8) is 0 Å². The maximum absolute atomic E-state index is 11.7. The molecule has 0 spiro atoms. The van der Waals surface area contributed by atoms with Gasteiger partial charge in [0.2, 0.25) is 0 Å². The average Bonchev–Trinajstić information content (AvgIpc) is 2.29. The molecule has 0 N–H and O–H groups in total. The molecule has 1 rings (SSSR count). The molecular weight excluding hydrogens is 244 g/mol. The van der Waals surface area contributed by atoms with Gasteiger partial charge in [-0.1, -0.05) is 0 Å². The summed E-state index contributed by atoms with van der Waals surface area (Å²) in [6.07, 6.45) is 5.39. The Bertz CT molecular complexity index is 313. The molecule has 0 aromatic heterocycles. The number of methoxy groups -OCH3 is 1. The number of carbonyl (C=O) groups excluding carboxylic acids is 2. The Morgan fingerprint density at radius 1 is 1.26 bits per heavy atom. The second kappa shape index (κ2) is 7.75. The van der Waals surface area contributed by atoms with Crippen molar-refractivity contribution in [2.24, 2.45) is 11.3 Å². The van der Waals surface area contributed by atoms with E-state index in [1.807, 2.05) is 0 Å². The summed E-state index contributed by atoms with van der Waals surface area (Å²) in [4.78, 5) is 22.7. The van der Waals surface area contributed by atoms with Crippen LogP contribution in [-0.4, -0.2) is 32.1 Å². The number of hydrogen-bond acceptors (Lipinski definition) is 4. The Balaban J connectivity index is 2.48. The zero-order valence-corrected chi connectivity index (χ0v) is 12.4. The molecule has 4 nitrogen and oxygen atoms in total. The minimum absolute atomic E-state index is 0.0645. The Kier molecular flexibility index (Phi) is 6.66. The minimum atomic E-state index is 0.0645. The van der Waals surface area contributed by atoms with Crippen LogP contribution in [0.3, 0.4) is 0 Å². The second-order valence-corrected chi connectivity index (χ2v) is 5.68. The van der Waals surface area contributed by atoms with Crippen molar-refractivity contribution < 1.29 is 19.1 Å². The fourth-order valence-electron chi connectivity index (χ4n) is 3.16. The minimum Gasteiger partial charge on any atom is -0.359 e. The topological polar surface area (TPSA) is 52.6 Å². The highest BCUT2D eigenvalue weighted by Gasteiger charge is 2.47. The molecule has 19 heavy (non-hydrogen) atoms. The Morgan fingerprint density at radius 2 is 2.00 bits per heavy atom. The Labute approximate surface area is 115 Å². The summed E-state index contributed by atoms with van der Waals surface area (Å²) < 4.78 is 10.2. The summed E-state index contributed by atoms with van der Waals surface area (Å²) >= 11 is 0. The van der Waals surface area contributed by atoms with Gasteiger partial charge in [0.25, 0.3) is 0 Å². The van der Waals surface area contributed by atoms with Gasteiger partial charge in [0, 0.05) is 26.1 Å². The normalized spacial score (nSPS) is 25.9. The molecule has 0 aliphatic heterocycles. The van der Waals surface area contributed by atoms with Crippen LogP contribution in [0.5, 0.6) is 0 Å². The number of ketones is 2. The summed E-state index contributed by atoms with van der Waals surface area (Å²) in [5.41, 5.74) is 0.0645. The van der Waals surface area contributed by atoms with E-state index in [1.165, 1.54) is 0 Å². The zero-order valence-electron chi connectivity index (χ0n) is 12.4. The lowest BCUT2D eigenvalue weighted by molar-refractivity contribution is -0.135. The molecule has 1 aliphatic carbocycles. The van der Waals surface area contributed by atoms with Crippen LogP contribution in [0, 0.1) is 11.3 Å². The van der Waals surface area contributed by atoms with Gasteiger partial charge in [0.15, 0.2) is 0 Å². The first-order valence-corrected chi connectivity index (χ1v) is 7.08. The van der Waals surface area contributed by atoms with Gasteiger partial charge in [0.1, 0.15) is 18.4 Å². The van der Waals surface area contributed by atoms with Gasteiger partial charge in [0.05, 0.1) is 0 Å². The molecule has 0 amide bonds. The van der Waals surface area contributed by atoms with Crippen LogP contribution < -0.4 is 0 Å². The van der Waals surface area contributed by atoms with Crippen molar-refractivity contribution in [1.82, 2.24) is 0 Å². The monoisotopic (exact) mass is 270 g/mol. The standard InChI is InChI=1S/C15H26O4/c1-12(16)5-4-7-15(9-10-19-11-18-3)8-6-14(15)13(2)17/h14H,4-11H2,1-3H3/t14-,15+/m0/s1. The van der Waals surface area contributed by atoms with E-state index in [0.717, 1.165) is 32.1 Å². The largest absolute Gasteiger partial charge is 0.359 e. The molecule has 2 atom stereocenters. The molecule has 1 aliphatic rings. The molecular formula is C15H26O4. The molecule has 0 radical (unpaired) electrons. The van der Waals surface area contributed by atoms with Crippen LogP contribution in [0.4, 0.5) is 0 Å². The summed E-state index contributed by atoms with van der Waals surface area (Å²) in [7, 11) is 1.60. The maximum atomic E-state index is 11.7. The number of hydrogen-bond donors (Lipinski definition) is 0. The van der Waals surface area contributed by atoms with E-state index < -0.39 is 0 Å². The molecule has 1 fully saturated rings. The van der Waals surface area contributed by atoms with Crippen LogP contribution >= 0.6 is 0 Å². The van der Waals surface area contributed by atoms with Gasteiger partial charge in [-0.15, -0.1) is 0 Å². The molecule has 4 heteroatoms. The van der Waals surface area contributed by atoms with Crippen molar-refractivity contribution in [2.45, 2.75) is 52.4 Å². The predicted octanol–water partition coefficient (Wildman–Crippen LogP) is 2.74. The van der Waals surface area contributed by atoms with Crippen molar-refractivity contribution in [2.75, 3.05) is 20.5 Å². The summed E-state index contributed by atoms with van der Waals surface area (Å²) in [6, 6.07) is 0. The van der Waals surface area contributed by atoms with E-state index in [1.54, 1.807) is 21.0 Å². The van der Waals surface area contributed by atoms with Gasteiger partial charge in [-0.05, 0) is 51.4 Å². The number of Topliss-reactive ketones (excluding diaryl/α,β-unsaturated/α-hetero) is 2. The van der Waals surface area contributed by atoms with Gasteiger partial charge in [-0.2, -0.15) is 0 Å². The lowest BCUT2D eigenvalue weighted by Crippen LogP contribution is -2.45. The van der Waals surface area contributed by atoms with Crippen molar-refractivity contribution >= 4 is 11.6 Å². The van der Waals surface area contributed by atoms with Crippen LogP contribution in [0.2, 0.25) is 0 Å². The number of ether oxygens (including phenoxy) is 2. The quantitative estimate of drug-likeness (QED) is 0.452. The van der Waals surface area contributed by atoms with Gasteiger partial charge < -0.3 is 14.3 Å². The van der Waals surface area contributed by atoms with Crippen molar-refractivity contribution in [1.29, 1.82) is 0 Å². The molecule has 0 unspecified atom stereocenters. The van der Waals surface area contributed by atoms with E-state index in [4.69, 9.17) is 9.47 Å². The highest BCUT2D eigenvalue weighted by molar-refractivity contribution is 5.80. The molecule has 110 valence electrons. The lowest BCUT2D eigenvalue weighted by Gasteiger charge is -2.49. The van der Waals surface area contributed by atoms with Crippen LogP contribution in [0.15, 0.2) is 0 Å². The Hall–Kier alpha value is -0.740. The molecule has 0 aromatic rings.